The molecule has 0 aliphatic carbocycles. The van der Waals surface area contributed by atoms with Crippen LogP contribution in [0.15, 0.2) is 0 Å². The van der Waals surface area contributed by atoms with E-state index in [0.717, 1.165) is 6.92 Å². The number of rotatable bonds is 2. The Kier molecular flexibility index (Phi) is 3.03. The lowest BCUT2D eigenvalue weighted by atomic mass is 10.3. The quantitative estimate of drug-likeness (QED) is 0.495. The van der Waals surface area contributed by atoms with Crippen molar-refractivity contribution < 1.29 is 8.78 Å². The van der Waals surface area contributed by atoms with Gasteiger partial charge in [-0.3, -0.25) is 0 Å². The molecule has 7 heavy (non-hydrogen) atoms. The molecule has 0 aromatic carbocycles. The van der Waals surface area contributed by atoms with Gasteiger partial charge in [-0.15, -0.1) is 0 Å². The molecule has 0 aromatic heterocycles. The first-order valence-corrected chi connectivity index (χ1v) is 3.52. The number of hydrogen-bond donors (Lipinski definition) is 0. The average Bonchev–Trinajstić information content (AvgIpc) is 1.30. The van der Waals surface area contributed by atoms with Crippen molar-refractivity contribution in [2.24, 2.45) is 0 Å². The second-order valence-electron chi connectivity index (χ2n) is 1.51. The Balaban J connectivity index is 3.15. The Morgan fingerprint density at radius 2 is 2.00 bits per heavy atom. The molecular weight excluding hydrogens is 213 g/mol. The molecule has 0 amide bonds. The Morgan fingerprint density at radius 1 is 1.57 bits per heavy atom. The molecule has 0 rings (SSSR count). The van der Waals surface area contributed by atoms with E-state index in [1.807, 2.05) is 22.6 Å². The summed E-state index contributed by atoms with van der Waals surface area (Å²) in [5.41, 5.74) is 0. The van der Waals surface area contributed by atoms with Gasteiger partial charge in [0.15, 0.2) is 0 Å². The minimum atomic E-state index is -2.46. The van der Waals surface area contributed by atoms with Gasteiger partial charge in [0.1, 0.15) is 0 Å². The Morgan fingerprint density at radius 3 is 2.00 bits per heavy atom. The predicted molar refractivity (Wildman–Crippen MR) is 34.1 cm³/mol. The van der Waals surface area contributed by atoms with E-state index in [1.165, 1.54) is 0 Å². The van der Waals surface area contributed by atoms with Crippen molar-refractivity contribution >= 4 is 22.6 Å². The minimum Gasteiger partial charge on any atom is -0.207 e. The minimum absolute atomic E-state index is 0.00639. The summed E-state index contributed by atoms with van der Waals surface area (Å²) < 4.78 is 24.0. The van der Waals surface area contributed by atoms with Gasteiger partial charge in [-0.1, -0.05) is 22.6 Å². The third-order valence-electron chi connectivity index (χ3n) is 0.533. The van der Waals surface area contributed by atoms with E-state index >= 15 is 0 Å². The van der Waals surface area contributed by atoms with E-state index in [1.54, 1.807) is 0 Å². The maximum Gasteiger partial charge on any atom is 0.246 e. The summed E-state index contributed by atoms with van der Waals surface area (Å²) in [7, 11) is 0. The standard InChI is InChI=1S/C4H7F2I/c1-4(5,6)2-3-7/h2-3H2,1H3. The molecule has 0 unspecified atom stereocenters. The monoisotopic (exact) mass is 220 g/mol. The van der Waals surface area contributed by atoms with Crippen molar-refractivity contribution in [1.29, 1.82) is 0 Å². The van der Waals surface area contributed by atoms with E-state index in [-0.39, 0.29) is 6.42 Å². The molecule has 0 radical (unpaired) electrons. The number of alkyl halides is 3. The third kappa shape index (κ3) is 6.59. The summed E-state index contributed by atoms with van der Waals surface area (Å²) in [6, 6.07) is 0. The van der Waals surface area contributed by atoms with Gasteiger partial charge in [0.25, 0.3) is 0 Å². The van der Waals surface area contributed by atoms with Gasteiger partial charge in [0.2, 0.25) is 5.92 Å². The van der Waals surface area contributed by atoms with Crippen LogP contribution in [0, 0.1) is 0 Å². The van der Waals surface area contributed by atoms with E-state index in [9.17, 15) is 8.78 Å². The molecule has 0 bridgehead atoms. The smallest absolute Gasteiger partial charge is 0.207 e. The molecule has 0 nitrogen and oxygen atoms in total. The summed E-state index contributed by atoms with van der Waals surface area (Å²) in [4.78, 5) is 0. The summed E-state index contributed by atoms with van der Waals surface area (Å²) in [5.74, 6) is -2.46. The van der Waals surface area contributed by atoms with Crippen molar-refractivity contribution in [3.63, 3.8) is 0 Å². The summed E-state index contributed by atoms with van der Waals surface area (Å²) >= 11 is 1.93. The Bertz CT molecular complexity index is 48.1. The molecule has 0 fully saturated rings. The van der Waals surface area contributed by atoms with Gasteiger partial charge < -0.3 is 0 Å². The van der Waals surface area contributed by atoms with Gasteiger partial charge in [-0.2, -0.15) is 0 Å². The van der Waals surface area contributed by atoms with Crippen molar-refractivity contribution in [2.75, 3.05) is 4.43 Å². The van der Waals surface area contributed by atoms with Crippen LogP contribution in [0.1, 0.15) is 13.3 Å². The molecule has 0 spiro atoms. The molecule has 0 aliphatic heterocycles. The molecule has 0 heterocycles. The van der Waals surface area contributed by atoms with Crippen molar-refractivity contribution in [3.05, 3.63) is 0 Å². The first-order chi connectivity index (χ1) is 3.06. The number of halogens is 3. The van der Waals surface area contributed by atoms with Crippen LogP contribution in [0.2, 0.25) is 0 Å². The van der Waals surface area contributed by atoms with Gasteiger partial charge in [0.05, 0.1) is 0 Å². The highest BCUT2D eigenvalue weighted by Gasteiger charge is 2.18. The van der Waals surface area contributed by atoms with Gasteiger partial charge in [-0.25, -0.2) is 8.78 Å². The molecule has 0 atom stereocenters. The SMILES string of the molecule is CC(F)(F)CCI. The van der Waals surface area contributed by atoms with Crippen LogP contribution in [-0.4, -0.2) is 10.4 Å². The van der Waals surface area contributed by atoms with Crippen LogP contribution in [0.4, 0.5) is 8.78 Å². The fourth-order valence-corrected chi connectivity index (χ4v) is 1.11. The van der Waals surface area contributed by atoms with Crippen LogP contribution >= 0.6 is 22.6 Å². The van der Waals surface area contributed by atoms with E-state index < -0.39 is 5.92 Å². The zero-order valence-electron chi connectivity index (χ0n) is 4.05. The lowest BCUT2D eigenvalue weighted by Gasteiger charge is -2.04. The highest BCUT2D eigenvalue weighted by molar-refractivity contribution is 14.1. The average molecular weight is 220 g/mol. The first-order valence-electron chi connectivity index (χ1n) is 2.00. The van der Waals surface area contributed by atoms with Crippen LogP contribution in [0.25, 0.3) is 0 Å². The maximum atomic E-state index is 11.7. The van der Waals surface area contributed by atoms with Gasteiger partial charge in [-0.05, 0) is 6.92 Å². The van der Waals surface area contributed by atoms with Crippen molar-refractivity contribution in [3.8, 4) is 0 Å². The van der Waals surface area contributed by atoms with Crippen molar-refractivity contribution in [1.82, 2.24) is 0 Å². The normalized spacial score (nSPS) is 12.0. The fourth-order valence-electron chi connectivity index (χ4n) is 0.166. The lowest BCUT2D eigenvalue weighted by Crippen LogP contribution is -2.08. The maximum absolute atomic E-state index is 11.7. The topological polar surface area (TPSA) is 0 Å². The fraction of sp³-hybridized carbons (Fsp3) is 1.00. The van der Waals surface area contributed by atoms with Gasteiger partial charge in [0, 0.05) is 10.8 Å². The van der Waals surface area contributed by atoms with Crippen LogP contribution in [-0.2, 0) is 0 Å². The third-order valence-corrected chi connectivity index (χ3v) is 1.07. The van der Waals surface area contributed by atoms with E-state index in [0.29, 0.717) is 4.43 Å². The van der Waals surface area contributed by atoms with E-state index in [4.69, 9.17) is 0 Å². The molecule has 44 valence electrons. The molecule has 0 saturated heterocycles. The zero-order chi connectivity index (χ0) is 5.91. The summed E-state index contributed by atoms with van der Waals surface area (Å²) in [6.07, 6.45) is -0.00639. The van der Waals surface area contributed by atoms with Gasteiger partial charge >= 0.3 is 0 Å². The summed E-state index contributed by atoms with van der Waals surface area (Å²) in [6.45, 7) is 0.936. The first kappa shape index (κ1) is 7.59. The molecule has 3 heteroatoms. The second-order valence-corrected chi connectivity index (χ2v) is 2.59. The van der Waals surface area contributed by atoms with E-state index in [2.05, 4.69) is 0 Å². The van der Waals surface area contributed by atoms with Crippen LogP contribution in [0.3, 0.4) is 0 Å². The highest BCUT2D eigenvalue weighted by atomic mass is 127. The molecule has 0 N–H and O–H groups in total. The van der Waals surface area contributed by atoms with Crippen LogP contribution in [0.5, 0.6) is 0 Å². The Hall–Kier alpha value is 0.590. The second kappa shape index (κ2) is 2.79. The molecule has 0 aromatic rings. The van der Waals surface area contributed by atoms with Crippen LogP contribution < -0.4 is 0 Å². The Labute approximate surface area is 55.4 Å². The number of hydrogen-bond acceptors (Lipinski definition) is 0. The largest absolute Gasteiger partial charge is 0.246 e. The predicted octanol–water partition coefficient (Wildman–Crippen LogP) is 2.47. The van der Waals surface area contributed by atoms with Crippen molar-refractivity contribution in [2.45, 2.75) is 19.3 Å². The highest BCUT2D eigenvalue weighted by Crippen LogP contribution is 2.16. The lowest BCUT2D eigenvalue weighted by molar-refractivity contribution is 0.0201. The molecule has 0 saturated carbocycles. The zero-order valence-corrected chi connectivity index (χ0v) is 6.21. The molecular formula is C4H7F2I. The summed E-state index contributed by atoms with van der Waals surface area (Å²) in [5, 5.41) is 0. The molecule has 0 aliphatic rings.